The zero-order chi connectivity index (χ0) is 14.9. The van der Waals surface area contributed by atoms with Crippen molar-refractivity contribution in [2.24, 2.45) is 0 Å². The second-order valence-electron chi connectivity index (χ2n) is 5.18. The smallest absolute Gasteiger partial charge is 0.126 e. The third-order valence-electron chi connectivity index (χ3n) is 4.03. The molecule has 0 heterocycles. The molecule has 112 valence electrons. The number of quaternary nitrogens is 1. The SMILES string of the molecule is CCC/C=C/CC(O)C[N+](CC)(CC)C(C)C(=O)[O-]. The van der Waals surface area contributed by atoms with E-state index in [4.69, 9.17) is 0 Å². The summed E-state index contributed by atoms with van der Waals surface area (Å²) in [6.07, 6.45) is 6.24. The third-order valence-corrected chi connectivity index (χ3v) is 4.03. The van der Waals surface area contributed by atoms with Crippen LogP contribution in [0.4, 0.5) is 0 Å². The van der Waals surface area contributed by atoms with Gasteiger partial charge in [0, 0.05) is 0 Å². The van der Waals surface area contributed by atoms with Crippen molar-refractivity contribution in [3.05, 3.63) is 12.2 Å². The molecule has 19 heavy (non-hydrogen) atoms. The van der Waals surface area contributed by atoms with Gasteiger partial charge in [-0.05, 0) is 33.6 Å². The van der Waals surface area contributed by atoms with Gasteiger partial charge < -0.3 is 19.5 Å². The molecule has 2 atom stereocenters. The van der Waals surface area contributed by atoms with E-state index in [1.807, 2.05) is 19.9 Å². The number of hydrogen-bond acceptors (Lipinski definition) is 3. The van der Waals surface area contributed by atoms with Crippen molar-refractivity contribution in [3.8, 4) is 0 Å². The van der Waals surface area contributed by atoms with Gasteiger partial charge in [-0.25, -0.2) is 0 Å². The molecule has 0 aliphatic heterocycles. The summed E-state index contributed by atoms with van der Waals surface area (Å²) in [4.78, 5) is 11.1. The van der Waals surface area contributed by atoms with Crippen molar-refractivity contribution in [1.82, 2.24) is 0 Å². The minimum absolute atomic E-state index is 0.366. The number of nitrogens with zero attached hydrogens (tertiary/aromatic N) is 1. The van der Waals surface area contributed by atoms with Crippen molar-refractivity contribution in [2.45, 2.75) is 59.1 Å². The normalized spacial score (nSPS) is 15.6. The Kier molecular flexibility index (Phi) is 8.68. The van der Waals surface area contributed by atoms with Gasteiger partial charge in [0.1, 0.15) is 18.7 Å². The number of unbranched alkanes of at least 4 members (excludes halogenated alkanes) is 1. The van der Waals surface area contributed by atoms with Crippen LogP contribution < -0.4 is 5.11 Å². The summed E-state index contributed by atoms with van der Waals surface area (Å²) in [6, 6.07) is -0.593. The fourth-order valence-electron chi connectivity index (χ4n) is 2.44. The molecule has 0 radical (unpaired) electrons. The highest BCUT2D eigenvalue weighted by molar-refractivity contribution is 5.69. The van der Waals surface area contributed by atoms with E-state index in [0.29, 0.717) is 30.5 Å². The molecule has 0 bridgehead atoms. The number of hydrogen-bond donors (Lipinski definition) is 1. The maximum Gasteiger partial charge on any atom is 0.126 e. The van der Waals surface area contributed by atoms with Crippen LogP contribution in [0.15, 0.2) is 12.2 Å². The van der Waals surface area contributed by atoms with Gasteiger partial charge in [0.15, 0.2) is 0 Å². The summed E-state index contributed by atoms with van der Waals surface area (Å²) in [5.74, 6) is -1.04. The highest BCUT2D eigenvalue weighted by Crippen LogP contribution is 2.16. The zero-order valence-electron chi connectivity index (χ0n) is 12.8. The van der Waals surface area contributed by atoms with Crippen LogP contribution in [0.25, 0.3) is 0 Å². The largest absolute Gasteiger partial charge is 0.544 e. The third kappa shape index (κ3) is 5.74. The van der Waals surface area contributed by atoms with E-state index in [1.165, 1.54) is 0 Å². The quantitative estimate of drug-likeness (QED) is 0.478. The van der Waals surface area contributed by atoms with Crippen LogP contribution >= 0.6 is 0 Å². The molecule has 0 rings (SSSR count). The molecular weight excluding hydrogens is 242 g/mol. The number of carbonyl (C=O) groups is 1. The van der Waals surface area contributed by atoms with Crippen molar-refractivity contribution < 1.29 is 19.5 Å². The molecule has 0 aliphatic rings. The van der Waals surface area contributed by atoms with E-state index in [2.05, 4.69) is 13.0 Å². The average Bonchev–Trinajstić information content (AvgIpc) is 2.40. The Morgan fingerprint density at radius 2 is 1.84 bits per heavy atom. The topological polar surface area (TPSA) is 60.4 Å². The molecule has 0 saturated heterocycles. The molecule has 0 amide bonds. The highest BCUT2D eigenvalue weighted by Gasteiger charge is 2.33. The van der Waals surface area contributed by atoms with Crippen LogP contribution in [-0.4, -0.2) is 47.3 Å². The number of likely N-dealkylation sites (N-methyl/N-ethyl adjacent to an activating group) is 1. The average molecular weight is 271 g/mol. The molecule has 4 nitrogen and oxygen atoms in total. The first kappa shape index (κ1) is 18.1. The zero-order valence-corrected chi connectivity index (χ0v) is 12.8. The van der Waals surface area contributed by atoms with Crippen LogP contribution in [0.3, 0.4) is 0 Å². The van der Waals surface area contributed by atoms with Gasteiger partial charge in [0.05, 0.1) is 19.1 Å². The number of rotatable bonds is 10. The molecule has 0 aromatic heterocycles. The lowest BCUT2D eigenvalue weighted by Gasteiger charge is -2.43. The lowest BCUT2D eigenvalue weighted by molar-refractivity contribution is -0.942. The van der Waals surface area contributed by atoms with Crippen molar-refractivity contribution >= 4 is 5.97 Å². The minimum Gasteiger partial charge on any atom is -0.544 e. The van der Waals surface area contributed by atoms with Gasteiger partial charge in [-0.3, -0.25) is 0 Å². The number of allylic oxidation sites excluding steroid dienone is 1. The van der Waals surface area contributed by atoms with Gasteiger partial charge in [0.2, 0.25) is 0 Å². The monoisotopic (exact) mass is 271 g/mol. The number of carboxylic acids is 1. The van der Waals surface area contributed by atoms with Crippen LogP contribution in [-0.2, 0) is 4.79 Å². The molecule has 0 aromatic carbocycles. The van der Waals surface area contributed by atoms with E-state index >= 15 is 0 Å². The Balaban J connectivity index is 4.61. The minimum atomic E-state index is -1.04. The summed E-state index contributed by atoms with van der Waals surface area (Å²) in [5, 5.41) is 21.2. The van der Waals surface area contributed by atoms with Crippen LogP contribution in [0.5, 0.6) is 0 Å². The summed E-state index contributed by atoms with van der Waals surface area (Å²) in [6.45, 7) is 9.52. The van der Waals surface area contributed by atoms with Crippen LogP contribution in [0.2, 0.25) is 0 Å². The molecule has 2 unspecified atom stereocenters. The van der Waals surface area contributed by atoms with Crippen molar-refractivity contribution in [2.75, 3.05) is 19.6 Å². The summed E-state index contributed by atoms with van der Waals surface area (Å²) in [7, 11) is 0. The standard InChI is InChI=1S/C15H29NO3/c1-5-8-9-10-11-14(17)12-16(6-2,7-3)13(4)15(18)19/h9-10,13-14,17H,5-8,11-12H2,1-4H3/b10-9+. The van der Waals surface area contributed by atoms with Gasteiger partial charge in [-0.15, -0.1) is 0 Å². The first-order chi connectivity index (χ1) is 8.93. The summed E-state index contributed by atoms with van der Waals surface area (Å²) >= 11 is 0. The number of aliphatic hydroxyl groups is 1. The van der Waals surface area contributed by atoms with Crippen LogP contribution in [0, 0.1) is 0 Å². The predicted octanol–water partition coefficient (Wildman–Crippen LogP) is 1.09. The number of carbonyl (C=O) groups excluding carboxylic acids is 1. The highest BCUT2D eigenvalue weighted by atomic mass is 16.4. The summed E-state index contributed by atoms with van der Waals surface area (Å²) in [5.41, 5.74) is 0. The molecular formula is C15H29NO3. The van der Waals surface area contributed by atoms with Crippen LogP contribution in [0.1, 0.15) is 47.0 Å². The second-order valence-corrected chi connectivity index (χ2v) is 5.18. The molecule has 0 aliphatic carbocycles. The van der Waals surface area contributed by atoms with E-state index in [-0.39, 0.29) is 0 Å². The lowest BCUT2D eigenvalue weighted by atomic mass is 10.1. The van der Waals surface area contributed by atoms with E-state index in [1.54, 1.807) is 6.92 Å². The Bertz CT molecular complexity index is 285. The Morgan fingerprint density at radius 3 is 2.26 bits per heavy atom. The van der Waals surface area contributed by atoms with E-state index in [0.717, 1.165) is 12.8 Å². The van der Waals surface area contributed by atoms with E-state index in [9.17, 15) is 15.0 Å². The molecule has 0 aromatic rings. The van der Waals surface area contributed by atoms with E-state index < -0.39 is 18.1 Å². The van der Waals surface area contributed by atoms with Gasteiger partial charge in [0.25, 0.3) is 0 Å². The number of aliphatic hydroxyl groups excluding tert-OH is 1. The second kappa shape index (κ2) is 9.10. The molecule has 0 spiro atoms. The van der Waals surface area contributed by atoms with Gasteiger partial charge in [-0.1, -0.05) is 25.5 Å². The predicted molar refractivity (Wildman–Crippen MR) is 75.4 cm³/mol. The number of carboxylic acid groups (broad SMARTS) is 1. The molecule has 4 heteroatoms. The Labute approximate surface area is 117 Å². The molecule has 0 fully saturated rings. The maximum atomic E-state index is 11.1. The summed E-state index contributed by atoms with van der Waals surface area (Å²) < 4.78 is 0.366. The first-order valence-electron chi connectivity index (χ1n) is 7.33. The maximum absolute atomic E-state index is 11.1. The number of aliphatic carboxylic acids is 1. The first-order valence-corrected chi connectivity index (χ1v) is 7.33. The molecule has 0 saturated carbocycles. The Morgan fingerprint density at radius 1 is 1.26 bits per heavy atom. The van der Waals surface area contributed by atoms with Crippen molar-refractivity contribution in [3.63, 3.8) is 0 Å². The fourth-order valence-corrected chi connectivity index (χ4v) is 2.44. The Hall–Kier alpha value is -0.870. The molecule has 1 N–H and O–H groups in total. The lowest BCUT2D eigenvalue weighted by Crippen LogP contribution is -2.62. The van der Waals surface area contributed by atoms with Gasteiger partial charge >= 0.3 is 0 Å². The van der Waals surface area contributed by atoms with Gasteiger partial charge in [-0.2, -0.15) is 0 Å². The fraction of sp³-hybridized carbons (Fsp3) is 0.800. The van der Waals surface area contributed by atoms with Crippen molar-refractivity contribution in [1.29, 1.82) is 0 Å².